The quantitative estimate of drug-likeness (QED) is 0.670. The van der Waals surface area contributed by atoms with E-state index in [2.05, 4.69) is 67.1 Å². The van der Waals surface area contributed by atoms with E-state index < -0.39 is 5.97 Å². The van der Waals surface area contributed by atoms with Gasteiger partial charge in [0.2, 0.25) is 0 Å². The molecule has 2 fully saturated rings. The van der Waals surface area contributed by atoms with Crippen LogP contribution in [0.15, 0.2) is 38.9 Å². The lowest BCUT2D eigenvalue weighted by Gasteiger charge is -2.46. The summed E-state index contributed by atoms with van der Waals surface area (Å²) in [5.41, 5.74) is 7.15. The molecule has 3 aliphatic rings. The van der Waals surface area contributed by atoms with Gasteiger partial charge in [-0.2, -0.15) is 0 Å². The number of morpholine rings is 1. The average molecular weight is 494 g/mol. The number of ether oxygens (including phenoxy) is 1. The van der Waals surface area contributed by atoms with Crippen molar-refractivity contribution in [1.82, 2.24) is 9.80 Å². The van der Waals surface area contributed by atoms with Crippen LogP contribution in [0.1, 0.15) is 38.7 Å². The monoisotopic (exact) mass is 493 g/mol. The van der Waals surface area contributed by atoms with E-state index >= 15 is 0 Å². The molecule has 3 N–H and O–H groups in total. The first-order valence-corrected chi connectivity index (χ1v) is 11.6. The molecule has 0 bridgehead atoms. The van der Waals surface area contributed by atoms with Crippen molar-refractivity contribution in [2.24, 2.45) is 15.9 Å². The summed E-state index contributed by atoms with van der Waals surface area (Å²) in [4.78, 5) is 14.1. The van der Waals surface area contributed by atoms with Crippen LogP contribution >= 0.6 is 15.9 Å². The van der Waals surface area contributed by atoms with Gasteiger partial charge in [0.15, 0.2) is 0 Å². The topological polar surface area (TPSA) is 104 Å². The number of rotatable bonds is 3. The molecule has 8 nitrogen and oxygen atoms in total. The zero-order valence-corrected chi connectivity index (χ0v) is 19.8. The summed E-state index contributed by atoms with van der Waals surface area (Å²) in [7, 11) is 0. The van der Waals surface area contributed by atoms with Crippen molar-refractivity contribution in [3.63, 3.8) is 0 Å². The van der Waals surface area contributed by atoms with E-state index in [1.54, 1.807) is 0 Å². The third-order valence-electron chi connectivity index (χ3n) is 5.83. The molecule has 3 heterocycles. The van der Waals surface area contributed by atoms with E-state index in [1.165, 1.54) is 5.56 Å². The summed E-state index contributed by atoms with van der Waals surface area (Å²) in [5.74, 6) is 0.830. The number of aliphatic carboxylic acids is 1. The molecule has 0 unspecified atom stereocenters. The van der Waals surface area contributed by atoms with Crippen molar-refractivity contribution < 1.29 is 14.6 Å². The van der Waals surface area contributed by atoms with Crippen molar-refractivity contribution in [3.8, 4) is 0 Å². The first-order valence-electron chi connectivity index (χ1n) is 10.8. The van der Waals surface area contributed by atoms with E-state index in [0.717, 1.165) is 62.7 Å². The summed E-state index contributed by atoms with van der Waals surface area (Å²) in [6, 6.07) is 9.73. The Morgan fingerprint density at radius 3 is 2.48 bits per heavy atom. The lowest BCUT2D eigenvalue weighted by molar-refractivity contribution is -0.134. The van der Waals surface area contributed by atoms with E-state index in [1.807, 2.05) is 0 Å². The van der Waals surface area contributed by atoms with Crippen LogP contribution in [0.2, 0.25) is 0 Å². The molecule has 31 heavy (non-hydrogen) atoms. The molecule has 1 aromatic carbocycles. The van der Waals surface area contributed by atoms with Gasteiger partial charge in [-0.25, -0.2) is 0 Å². The van der Waals surface area contributed by atoms with Crippen LogP contribution < -0.4 is 5.73 Å². The normalized spacial score (nSPS) is 24.8. The number of likely N-dealkylation sites (tertiary alicyclic amines) is 1. The van der Waals surface area contributed by atoms with Crippen molar-refractivity contribution in [1.29, 1.82) is 0 Å². The molecule has 0 aromatic heterocycles. The molecule has 170 valence electrons. The third kappa shape index (κ3) is 7.02. The number of amidine groups is 2. The summed E-state index contributed by atoms with van der Waals surface area (Å²) in [6.45, 7) is 7.16. The van der Waals surface area contributed by atoms with Gasteiger partial charge < -0.3 is 20.5 Å². The van der Waals surface area contributed by atoms with Crippen molar-refractivity contribution in [3.05, 3.63) is 34.3 Å². The Morgan fingerprint density at radius 1 is 1.26 bits per heavy atom. The Bertz CT molecular complexity index is 802. The maximum atomic E-state index is 9.00. The highest BCUT2D eigenvalue weighted by Crippen LogP contribution is 2.26. The van der Waals surface area contributed by atoms with Crippen LogP contribution in [0.3, 0.4) is 0 Å². The van der Waals surface area contributed by atoms with E-state index in [4.69, 9.17) is 20.4 Å². The minimum absolute atomic E-state index is 0.302. The molecule has 2 atom stereocenters. The minimum Gasteiger partial charge on any atom is -0.481 e. The number of nitrogens with zero attached hydrogens (tertiary/aromatic N) is 4. The maximum absolute atomic E-state index is 9.00. The smallest absolute Gasteiger partial charge is 0.300 e. The maximum Gasteiger partial charge on any atom is 0.300 e. The van der Waals surface area contributed by atoms with Gasteiger partial charge in [-0.15, -0.1) is 10.2 Å². The predicted molar refractivity (Wildman–Crippen MR) is 125 cm³/mol. The highest BCUT2D eigenvalue weighted by molar-refractivity contribution is 9.10. The summed E-state index contributed by atoms with van der Waals surface area (Å²) >= 11 is 3.52. The van der Waals surface area contributed by atoms with Gasteiger partial charge in [0, 0.05) is 43.1 Å². The van der Waals surface area contributed by atoms with Gasteiger partial charge >= 0.3 is 0 Å². The first kappa shape index (κ1) is 23.7. The van der Waals surface area contributed by atoms with Crippen molar-refractivity contribution in [2.45, 2.75) is 57.7 Å². The Hall–Kier alpha value is -1.97. The number of benzene rings is 1. The second kappa shape index (κ2) is 11.1. The molecule has 3 aliphatic heterocycles. The number of hydrogen-bond donors (Lipinski definition) is 2. The van der Waals surface area contributed by atoms with Gasteiger partial charge in [-0.3, -0.25) is 9.69 Å². The van der Waals surface area contributed by atoms with Crippen molar-refractivity contribution in [2.75, 3.05) is 26.2 Å². The highest BCUT2D eigenvalue weighted by atomic mass is 79.9. The zero-order chi connectivity index (χ0) is 22.4. The third-order valence-corrected chi connectivity index (χ3v) is 6.35. The van der Waals surface area contributed by atoms with Crippen LogP contribution in [0.4, 0.5) is 0 Å². The number of halogens is 1. The van der Waals surface area contributed by atoms with Crippen LogP contribution in [0, 0.1) is 0 Å². The predicted octanol–water partition coefficient (Wildman–Crippen LogP) is 2.71. The SMILES string of the molecule is CC(=O)O.C[C@H]1CN(C2CCN(C3=NN=C(N)C3)CC2)[C@@H](Cc2ccc(Br)cc2)CO1. The lowest BCUT2D eigenvalue weighted by atomic mass is 9.96. The Balaban J connectivity index is 0.000000628. The minimum atomic E-state index is -0.833. The van der Waals surface area contributed by atoms with E-state index in [-0.39, 0.29) is 0 Å². The number of hydrogen-bond acceptors (Lipinski definition) is 7. The molecular weight excluding hydrogens is 462 g/mol. The average Bonchev–Trinajstić information content (AvgIpc) is 3.17. The van der Waals surface area contributed by atoms with Crippen LogP contribution in [0.25, 0.3) is 0 Å². The fourth-order valence-corrected chi connectivity index (χ4v) is 4.64. The Labute approximate surface area is 192 Å². The number of carboxylic acid groups (broad SMARTS) is 1. The molecule has 1 aromatic rings. The van der Waals surface area contributed by atoms with Crippen LogP contribution in [0.5, 0.6) is 0 Å². The van der Waals surface area contributed by atoms with Crippen LogP contribution in [-0.4, -0.2) is 77.0 Å². The van der Waals surface area contributed by atoms with Crippen molar-refractivity contribution >= 4 is 33.6 Å². The van der Waals surface area contributed by atoms with Gasteiger partial charge in [0.25, 0.3) is 5.97 Å². The summed E-state index contributed by atoms with van der Waals surface area (Å²) in [6.07, 6.45) is 4.35. The number of carbonyl (C=O) groups is 1. The summed E-state index contributed by atoms with van der Waals surface area (Å²) < 4.78 is 7.14. The molecule has 4 rings (SSSR count). The highest BCUT2D eigenvalue weighted by Gasteiger charge is 2.35. The number of nitrogens with two attached hydrogens (primary N) is 1. The van der Waals surface area contributed by atoms with Gasteiger partial charge in [0.05, 0.1) is 19.1 Å². The zero-order valence-electron chi connectivity index (χ0n) is 18.2. The molecule has 2 saturated heterocycles. The van der Waals surface area contributed by atoms with E-state index in [9.17, 15) is 0 Å². The molecule has 0 saturated carbocycles. The molecule has 0 aliphatic carbocycles. The molecule has 9 heteroatoms. The standard InChI is InChI=1S/C20H28BrN5O.C2H4O2/c1-14-12-26(18(13-27-14)10-15-2-4-16(21)5-3-15)17-6-8-25(9-7-17)20-11-19(22)23-24-20;1-2(3)4/h2-5,14,17-18H,6-13H2,1H3,(H2,22,23);1H3,(H,3,4)/t14-,18-;/m0./s1. The molecular formula is C22H32BrN5O3. The molecule has 0 radical (unpaired) electrons. The number of piperidine rings is 1. The second-order valence-electron chi connectivity index (χ2n) is 8.35. The largest absolute Gasteiger partial charge is 0.481 e. The first-order chi connectivity index (χ1) is 14.8. The second-order valence-corrected chi connectivity index (χ2v) is 9.26. The Kier molecular flexibility index (Phi) is 8.45. The Morgan fingerprint density at radius 2 is 1.90 bits per heavy atom. The van der Waals surface area contributed by atoms with Gasteiger partial charge in [-0.05, 0) is 43.9 Å². The molecule has 0 amide bonds. The number of carboxylic acids is 1. The van der Waals surface area contributed by atoms with Gasteiger partial charge in [0.1, 0.15) is 11.7 Å². The van der Waals surface area contributed by atoms with Crippen LogP contribution in [-0.2, 0) is 16.0 Å². The lowest BCUT2D eigenvalue weighted by Crippen LogP contribution is -2.57. The summed E-state index contributed by atoms with van der Waals surface area (Å²) in [5, 5.41) is 15.6. The fourth-order valence-electron chi connectivity index (χ4n) is 4.37. The molecule has 0 spiro atoms. The van der Waals surface area contributed by atoms with Gasteiger partial charge in [-0.1, -0.05) is 28.1 Å². The van der Waals surface area contributed by atoms with E-state index in [0.29, 0.717) is 30.4 Å². The fraction of sp³-hybridized carbons (Fsp3) is 0.591.